The maximum absolute atomic E-state index is 11.7. The molecule has 104 valence electrons. The Labute approximate surface area is 114 Å². The molecule has 1 aromatic carbocycles. The van der Waals surface area contributed by atoms with Crippen LogP contribution in [0.25, 0.3) is 0 Å². The van der Waals surface area contributed by atoms with E-state index < -0.39 is 0 Å². The highest BCUT2D eigenvalue weighted by atomic mass is 16.5. The van der Waals surface area contributed by atoms with Gasteiger partial charge in [0.1, 0.15) is 5.75 Å². The van der Waals surface area contributed by atoms with Gasteiger partial charge in [0.15, 0.2) is 0 Å². The molecule has 1 amide bonds. The van der Waals surface area contributed by atoms with Gasteiger partial charge in [-0.25, -0.2) is 0 Å². The van der Waals surface area contributed by atoms with Crippen LogP contribution in [0.2, 0.25) is 0 Å². The summed E-state index contributed by atoms with van der Waals surface area (Å²) < 4.78 is 5.28. The molecule has 0 aromatic heterocycles. The van der Waals surface area contributed by atoms with Crippen LogP contribution in [-0.4, -0.2) is 25.6 Å². The summed E-state index contributed by atoms with van der Waals surface area (Å²) >= 11 is 0. The lowest BCUT2D eigenvalue weighted by Crippen LogP contribution is -2.34. The molecule has 0 bridgehead atoms. The van der Waals surface area contributed by atoms with Crippen molar-refractivity contribution in [3.63, 3.8) is 0 Å². The van der Waals surface area contributed by atoms with E-state index in [0.717, 1.165) is 16.9 Å². The molecule has 0 aliphatic heterocycles. The molecule has 1 aliphatic carbocycles. The molecule has 0 spiro atoms. The largest absolute Gasteiger partial charge is 0.496 e. The Kier molecular flexibility index (Phi) is 4.43. The Morgan fingerprint density at radius 2 is 2.05 bits per heavy atom. The summed E-state index contributed by atoms with van der Waals surface area (Å²) in [6.07, 6.45) is 2.40. The zero-order chi connectivity index (χ0) is 13.8. The van der Waals surface area contributed by atoms with E-state index in [1.807, 2.05) is 19.1 Å². The third kappa shape index (κ3) is 3.70. The molecule has 1 aliphatic rings. The van der Waals surface area contributed by atoms with Gasteiger partial charge in [-0.05, 0) is 49.4 Å². The van der Waals surface area contributed by atoms with Gasteiger partial charge in [0.2, 0.25) is 5.91 Å². The van der Waals surface area contributed by atoms with E-state index in [1.54, 1.807) is 7.11 Å². The first-order valence-electron chi connectivity index (χ1n) is 6.75. The molecule has 2 rings (SSSR count). The van der Waals surface area contributed by atoms with Crippen molar-refractivity contribution in [3.8, 4) is 5.75 Å². The number of rotatable bonds is 6. The average Bonchev–Trinajstić information content (AvgIpc) is 3.22. The fraction of sp³-hybridized carbons (Fsp3) is 0.533. The number of ether oxygens (including phenoxy) is 1. The number of hydrogen-bond acceptors (Lipinski definition) is 3. The molecule has 1 aromatic rings. The number of methoxy groups -OCH3 is 1. The third-order valence-corrected chi connectivity index (χ3v) is 3.67. The second kappa shape index (κ2) is 6.06. The molecule has 19 heavy (non-hydrogen) atoms. The minimum Gasteiger partial charge on any atom is -0.496 e. The summed E-state index contributed by atoms with van der Waals surface area (Å²) in [5, 5.41) is 6.15. The van der Waals surface area contributed by atoms with Crippen molar-refractivity contribution >= 4 is 5.91 Å². The van der Waals surface area contributed by atoms with Crippen LogP contribution < -0.4 is 15.4 Å². The smallest absolute Gasteiger partial charge is 0.234 e. The molecule has 4 nitrogen and oxygen atoms in total. The van der Waals surface area contributed by atoms with Crippen molar-refractivity contribution in [1.82, 2.24) is 10.6 Å². The second-order valence-corrected chi connectivity index (χ2v) is 5.11. The van der Waals surface area contributed by atoms with Crippen molar-refractivity contribution in [1.29, 1.82) is 0 Å². The lowest BCUT2D eigenvalue weighted by Gasteiger charge is -2.13. The number of nitrogens with one attached hydrogen (secondary N) is 2. The summed E-state index contributed by atoms with van der Waals surface area (Å²) in [6.45, 7) is 5.08. The first-order chi connectivity index (χ1) is 9.11. The molecule has 4 heteroatoms. The lowest BCUT2D eigenvalue weighted by atomic mass is 10.0. The van der Waals surface area contributed by atoms with E-state index in [0.29, 0.717) is 19.1 Å². The van der Waals surface area contributed by atoms with Gasteiger partial charge in [0.05, 0.1) is 13.7 Å². The summed E-state index contributed by atoms with van der Waals surface area (Å²) in [5.41, 5.74) is 3.44. The summed E-state index contributed by atoms with van der Waals surface area (Å²) in [5.74, 6) is 0.947. The van der Waals surface area contributed by atoms with E-state index in [-0.39, 0.29) is 5.91 Å². The molecular formula is C15H22N2O2. The van der Waals surface area contributed by atoms with Crippen LogP contribution in [0.5, 0.6) is 5.75 Å². The van der Waals surface area contributed by atoms with Crippen LogP contribution in [-0.2, 0) is 11.3 Å². The van der Waals surface area contributed by atoms with Gasteiger partial charge in [0.25, 0.3) is 0 Å². The van der Waals surface area contributed by atoms with E-state index in [4.69, 9.17) is 4.74 Å². The fourth-order valence-electron chi connectivity index (χ4n) is 2.05. The Hall–Kier alpha value is -1.55. The molecule has 0 atom stereocenters. The first-order valence-corrected chi connectivity index (χ1v) is 6.75. The highest BCUT2D eigenvalue weighted by Crippen LogP contribution is 2.23. The van der Waals surface area contributed by atoms with Gasteiger partial charge in [-0.3, -0.25) is 4.79 Å². The van der Waals surface area contributed by atoms with Crippen LogP contribution >= 0.6 is 0 Å². The van der Waals surface area contributed by atoms with E-state index in [1.165, 1.54) is 18.4 Å². The lowest BCUT2D eigenvalue weighted by molar-refractivity contribution is -0.120. The zero-order valence-electron chi connectivity index (χ0n) is 11.9. The topological polar surface area (TPSA) is 50.4 Å². The Morgan fingerprint density at radius 3 is 2.68 bits per heavy atom. The van der Waals surface area contributed by atoms with E-state index in [9.17, 15) is 4.79 Å². The molecule has 2 N–H and O–H groups in total. The highest BCUT2D eigenvalue weighted by Gasteiger charge is 2.21. The number of hydrogen-bond donors (Lipinski definition) is 2. The molecule has 0 radical (unpaired) electrons. The Bertz CT molecular complexity index is 467. The molecule has 0 unspecified atom stereocenters. The first kappa shape index (κ1) is 13.9. The van der Waals surface area contributed by atoms with Crippen LogP contribution in [0.3, 0.4) is 0 Å². The van der Waals surface area contributed by atoms with Gasteiger partial charge in [-0.2, -0.15) is 0 Å². The fourth-order valence-corrected chi connectivity index (χ4v) is 2.05. The predicted molar refractivity (Wildman–Crippen MR) is 75.3 cm³/mol. The minimum absolute atomic E-state index is 0.0553. The maximum Gasteiger partial charge on any atom is 0.234 e. The quantitative estimate of drug-likeness (QED) is 0.820. The number of carbonyl (C=O) groups is 1. The van der Waals surface area contributed by atoms with Gasteiger partial charge >= 0.3 is 0 Å². The van der Waals surface area contributed by atoms with Crippen LogP contribution in [0.15, 0.2) is 12.1 Å². The standard InChI is InChI=1S/C15H22N2O2/c1-10-11(2)14(19-3)7-4-12(10)8-17-15(18)9-16-13-5-6-13/h4,7,13,16H,5-6,8-9H2,1-3H3,(H,17,18). The van der Waals surface area contributed by atoms with Gasteiger partial charge < -0.3 is 15.4 Å². The minimum atomic E-state index is 0.0553. The van der Waals surface area contributed by atoms with Gasteiger partial charge in [-0.1, -0.05) is 6.07 Å². The average molecular weight is 262 g/mol. The summed E-state index contributed by atoms with van der Waals surface area (Å²) in [4.78, 5) is 11.7. The Morgan fingerprint density at radius 1 is 1.32 bits per heavy atom. The molecule has 0 saturated heterocycles. The van der Waals surface area contributed by atoms with E-state index >= 15 is 0 Å². The van der Waals surface area contributed by atoms with Crippen LogP contribution in [0.1, 0.15) is 29.5 Å². The predicted octanol–water partition coefficient (Wildman–Crippen LogP) is 1.68. The molecule has 1 fully saturated rings. The normalized spacial score (nSPS) is 14.3. The summed E-state index contributed by atoms with van der Waals surface area (Å²) in [6, 6.07) is 4.53. The van der Waals surface area contributed by atoms with Crippen molar-refractivity contribution in [3.05, 3.63) is 28.8 Å². The van der Waals surface area contributed by atoms with Crippen molar-refractivity contribution in [2.24, 2.45) is 0 Å². The van der Waals surface area contributed by atoms with E-state index in [2.05, 4.69) is 17.6 Å². The number of amides is 1. The second-order valence-electron chi connectivity index (χ2n) is 5.11. The number of benzene rings is 1. The van der Waals surface area contributed by atoms with Crippen molar-refractivity contribution in [2.75, 3.05) is 13.7 Å². The molecule has 0 heterocycles. The highest BCUT2D eigenvalue weighted by molar-refractivity contribution is 5.78. The number of carbonyl (C=O) groups excluding carboxylic acids is 1. The Balaban J connectivity index is 1.87. The van der Waals surface area contributed by atoms with Crippen molar-refractivity contribution in [2.45, 2.75) is 39.3 Å². The summed E-state index contributed by atoms with van der Waals surface area (Å²) in [7, 11) is 1.67. The van der Waals surface area contributed by atoms with Crippen molar-refractivity contribution < 1.29 is 9.53 Å². The third-order valence-electron chi connectivity index (χ3n) is 3.67. The molecule has 1 saturated carbocycles. The van der Waals surface area contributed by atoms with Gasteiger partial charge in [-0.15, -0.1) is 0 Å². The maximum atomic E-state index is 11.7. The van der Waals surface area contributed by atoms with Crippen LogP contribution in [0, 0.1) is 13.8 Å². The van der Waals surface area contributed by atoms with Crippen LogP contribution in [0.4, 0.5) is 0 Å². The zero-order valence-corrected chi connectivity index (χ0v) is 11.9. The monoisotopic (exact) mass is 262 g/mol. The van der Waals surface area contributed by atoms with Gasteiger partial charge in [0, 0.05) is 12.6 Å². The SMILES string of the molecule is COc1ccc(CNC(=O)CNC2CC2)c(C)c1C. The molecular weight excluding hydrogens is 240 g/mol.